The van der Waals surface area contributed by atoms with E-state index in [9.17, 15) is 14.4 Å². The number of carbonyl (C=O) groups is 3. The number of nitrogens with two attached hydrogens (primary N) is 1. The molecule has 4 aromatic rings. The van der Waals surface area contributed by atoms with Crippen LogP contribution in [0.2, 0.25) is 0 Å². The fourth-order valence-electron chi connectivity index (χ4n) is 6.61. The molecule has 2 atom stereocenters. The number of amides is 3. The summed E-state index contributed by atoms with van der Waals surface area (Å²) in [4.78, 5) is 39.8. The first-order valence-electron chi connectivity index (χ1n) is 16.7. The second-order valence-electron chi connectivity index (χ2n) is 12.9. The molecule has 1 aromatic heterocycles. The summed E-state index contributed by atoms with van der Waals surface area (Å²) in [5.41, 5.74) is 11.8. The third kappa shape index (κ3) is 9.08. The molecule has 0 radical (unpaired) electrons. The van der Waals surface area contributed by atoms with Gasteiger partial charge in [0, 0.05) is 41.7 Å². The number of nitrogens with one attached hydrogen (secondary N) is 5. The Kier molecular flexibility index (Phi) is 12.1. The van der Waals surface area contributed by atoms with Crippen molar-refractivity contribution in [3.05, 3.63) is 83.4 Å². The standard InChI is InChI=1S/C36H43N9O3.ClH/c1-22-18-28(35(47)40-30-16-17-38-21-30)12-15-31(22)25-6-2-23(3-7-25)19-32(41-34(46)27-8-4-24(20-37)5-9-27)36(48)39-29-13-10-26(11-14-29)33-42-44-45-43-33;/h2-3,6-7,10-15,18,24,27,30,32,38H,4-5,8-9,16-17,19-21,37H2,1H3,(H,39,48)(H,40,47)(H,41,46)(H,42,43,44,45);1H/t24-,27-,30-,32+;/m1./s1. The van der Waals surface area contributed by atoms with Crippen LogP contribution in [0, 0.1) is 18.8 Å². The van der Waals surface area contributed by atoms with E-state index in [4.69, 9.17) is 5.73 Å². The minimum Gasteiger partial charge on any atom is -0.348 e. The fraction of sp³-hybridized carbons (Fsp3) is 0.389. The van der Waals surface area contributed by atoms with Crippen molar-refractivity contribution in [1.82, 2.24) is 36.6 Å². The van der Waals surface area contributed by atoms with Crippen LogP contribution < -0.4 is 27.0 Å². The molecule has 2 fully saturated rings. The third-order valence-electron chi connectivity index (χ3n) is 9.53. The van der Waals surface area contributed by atoms with Crippen molar-refractivity contribution >= 4 is 35.8 Å². The Morgan fingerprint density at radius 3 is 2.31 bits per heavy atom. The largest absolute Gasteiger partial charge is 0.348 e. The quantitative estimate of drug-likeness (QED) is 0.138. The molecule has 1 saturated carbocycles. The zero-order chi connectivity index (χ0) is 33.5. The molecule has 7 N–H and O–H groups in total. The van der Waals surface area contributed by atoms with Gasteiger partial charge in [0.1, 0.15) is 6.04 Å². The molecule has 1 saturated heterocycles. The highest BCUT2D eigenvalue weighted by Gasteiger charge is 2.29. The highest BCUT2D eigenvalue weighted by atomic mass is 35.5. The highest BCUT2D eigenvalue weighted by molar-refractivity contribution is 5.98. The molecule has 0 bridgehead atoms. The lowest BCUT2D eigenvalue weighted by Gasteiger charge is -2.28. The van der Waals surface area contributed by atoms with E-state index in [-0.39, 0.29) is 42.1 Å². The van der Waals surface area contributed by atoms with Crippen molar-refractivity contribution < 1.29 is 14.4 Å². The van der Waals surface area contributed by atoms with Gasteiger partial charge in [-0.25, -0.2) is 0 Å². The molecule has 258 valence electrons. The first kappa shape index (κ1) is 35.7. The number of aromatic amines is 1. The topological polar surface area (TPSA) is 180 Å². The smallest absolute Gasteiger partial charge is 0.251 e. The molecule has 13 heteroatoms. The molecule has 6 rings (SSSR count). The number of H-pyrrole nitrogens is 1. The van der Waals surface area contributed by atoms with Gasteiger partial charge in [-0.1, -0.05) is 30.3 Å². The van der Waals surface area contributed by atoms with Crippen molar-refractivity contribution in [1.29, 1.82) is 0 Å². The first-order chi connectivity index (χ1) is 23.4. The second-order valence-corrected chi connectivity index (χ2v) is 12.9. The van der Waals surface area contributed by atoms with E-state index in [0.717, 1.165) is 73.0 Å². The van der Waals surface area contributed by atoms with Gasteiger partial charge >= 0.3 is 0 Å². The van der Waals surface area contributed by atoms with Crippen molar-refractivity contribution in [2.45, 2.75) is 57.5 Å². The Hall–Kier alpha value is -4.65. The maximum absolute atomic E-state index is 13.7. The van der Waals surface area contributed by atoms with Crippen LogP contribution in [-0.4, -0.2) is 70.1 Å². The predicted molar refractivity (Wildman–Crippen MR) is 191 cm³/mol. The molecular weight excluding hydrogens is 642 g/mol. The number of rotatable bonds is 11. The Labute approximate surface area is 292 Å². The summed E-state index contributed by atoms with van der Waals surface area (Å²) in [6.45, 7) is 4.36. The van der Waals surface area contributed by atoms with Crippen LogP contribution in [-0.2, 0) is 16.0 Å². The van der Waals surface area contributed by atoms with Gasteiger partial charge < -0.3 is 27.0 Å². The van der Waals surface area contributed by atoms with Crippen LogP contribution in [0.15, 0.2) is 66.7 Å². The predicted octanol–water partition coefficient (Wildman–Crippen LogP) is 3.79. The molecule has 2 heterocycles. The molecule has 3 amide bonds. The highest BCUT2D eigenvalue weighted by Crippen LogP contribution is 2.29. The summed E-state index contributed by atoms with van der Waals surface area (Å²) < 4.78 is 0. The van der Waals surface area contributed by atoms with E-state index in [1.807, 2.05) is 49.4 Å². The summed E-state index contributed by atoms with van der Waals surface area (Å²) in [5.74, 6) is 0.318. The van der Waals surface area contributed by atoms with Crippen molar-refractivity contribution in [2.24, 2.45) is 17.6 Å². The number of aromatic nitrogens is 4. The molecule has 2 aliphatic rings. The van der Waals surface area contributed by atoms with Gasteiger partial charge in [-0.3, -0.25) is 14.4 Å². The monoisotopic (exact) mass is 685 g/mol. The fourth-order valence-corrected chi connectivity index (χ4v) is 6.61. The van der Waals surface area contributed by atoms with Crippen LogP contribution in [0.1, 0.15) is 53.6 Å². The number of nitrogens with zero attached hydrogens (tertiary/aromatic N) is 3. The number of hydrogen-bond acceptors (Lipinski definition) is 8. The maximum atomic E-state index is 13.7. The SMILES string of the molecule is Cc1cc(C(=O)N[C@@H]2CCNC2)ccc1-c1ccc(C[C@H](NC(=O)[C@H]2CC[C@H](CN)CC2)C(=O)Nc2ccc(-c3nn[nH]n3)cc2)cc1.Cl. The molecule has 1 aliphatic heterocycles. The number of hydrogen-bond donors (Lipinski definition) is 6. The molecule has 0 unspecified atom stereocenters. The average molecular weight is 686 g/mol. The first-order valence-corrected chi connectivity index (χ1v) is 16.7. The van der Waals surface area contributed by atoms with E-state index in [0.29, 0.717) is 36.0 Å². The normalized spacial score (nSPS) is 19.3. The zero-order valence-corrected chi connectivity index (χ0v) is 28.4. The Bertz CT molecular complexity index is 1700. The van der Waals surface area contributed by atoms with Gasteiger partial charge in [-0.05, 0) is 122 Å². The summed E-state index contributed by atoms with van der Waals surface area (Å²) in [6.07, 6.45) is 4.64. The molecule has 1 aliphatic carbocycles. The summed E-state index contributed by atoms with van der Waals surface area (Å²) in [6, 6.07) is 20.3. The number of anilines is 1. The van der Waals surface area contributed by atoms with Crippen molar-refractivity contribution in [3.8, 4) is 22.5 Å². The molecule has 12 nitrogen and oxygen atoms in total. The lowest BCUT2D eigenvalue weighted by Crippen LogP contribution is -2.48. The second kappa shape index (κ2) is 16.6. The minimum absolute atomic E-state index is 0. The van der Waals surface area contributed by atoms with Crippen LogP contribution >= 0.6 is 12.4 Å². The van der Waals surface area contributed by atoms with Crippen molar-refractivity contribution in [3.63, 3.8) is 0 Å². The average Bonchev–Trinajstić information content (AvgIpc) is 3.84. The Morgan fingerprint density at radius 2 is 1.67 bits per heavy atom. The summed E-state index contributed by atoms with van der Waals surface area (Å²) in [7, 11) is 0. The lowest BCUT2D eigenvalue weighted by atomic mass is 9.81. The van der Waals surface area contributed by atoms with Gasteiger partial charge in [-0.15, -0.1) is 22.6 Å². The van der Waals surface area contributed by atoms with E-state index < -0.39 is 6.04 Å². The van der Waals surface area contributed by atoms with Gasteiger partial charge in [0.05, 0.1) is 0 Å². The van der Waals surface area contributed by atoms with E-state index in [1.54, 1.807) is 24.3 Å². The number of carbonyl (C=O) groups excluding carboxylic acids is 3. The van der Waals surface area contributed by atoms with E-state index in [1.165, 1.54) is 0 Å². The van der Waals surface area contributed by atoms with Crippen LogP contribution in [0.5, 0.6) is 0 Å². The zero-order valence-electron chi connectivity index (χ0n) is 27.6. The Balaban J connectivity index is 0.00000468. The van der Waals surface area contributed by atoms with Gasteiger partial charge in [0.25, 0.3) is 5.91 Å². The minimum atomic E-state index is -0.776. The van der Waals surface area contributed by atoms with Crippen LogP contribution in [0.25, 0.3) is 22.5 Å². The van der Waals surface area contributed by atoms with Gasteiger partial charge in [0.15, 0.2) is 0 Å². The molecule has 3 aromatic carbocycles. The summed E-state index contributed by atoms with van der Waals surface area (Å²) in [5, 5.41) is 26.4. The Morgan fingerprint density at radius 1 is 0.939 bits per heavy atom. The number of tetrazole rings is 1. The number of halogens is 1. The number of aryl methyl sites for hydroxylation is 1. The molecule has 0 spiro atoms. The van der Waals surface area contributed by atoms with Gasteiger partial charge in [0.2, 0.25) is 17.6 Å². The van der Waals surface area contributed by atoms with Crippen LogP contribution in [0.3, 0.4) is 0 Å². The third-order valence-corrected chi connectivity index (χ3v) is 9.53. The van der Waals surface area contributed by atoms with E-state index in [2.05, 4.69) is 41.9 Å². The van der Waals surface area contributed by atoms with Gasteiger partial charge in [-0.2, -0.15) is 5.21 Å². The maximum Gasteiger partial charge on any atom is 0.251 e. The van der Waals surface area contributed by atoms with Crippen molar-refractivity contribution in [2.75, 3.05) is 25.0 Å². The lowest BCUT2D eigenvalue weighted by molar-refractivity contribution is -0.130. The van der Waals surface area contributed by atoms with Crippen LogP contribution in [0.4, 0.5) is 5.69 Å². The number of benzene rings is 3. The summed E-state index contributed by atoms with van der Waals surface area (Å²) >= 11 is 0. The molecule has 49 heavy (non-hydrogen) atoms. The van der Waals surface area contributed by atoms with E-state index >= 15 is 0 Å². The molecular formula is C36H44ClN9O3.